The van der Waals surface area contributed by atoms with Crippen LogP contribution in [0.5, 0.6) is 0 Å². The molecule has 1 aliphatic carbocycles. The molecular formula is C8H17NO3. The van der Waals surface area contributed by atoms with E-state index >= 15 is 0 Å². The first-order valence-electron chi connectivity index (χ1n) is 4.07. The number of ether oxygens (including phenoxy) is 2. The Balaban J connectivity index is 2.52. The summed E-state index contributed by atoms with van der Waals surface area (Å²) in [5.41, 5.74) is 5.36. The summed E-state index contributed by atoms with van der Waals surface area (Å²) in [7, 11) is 3.22. The topological polar surface area (TPSA) is 64.7 Å². The van der Waals surface area contributed by atoms with Crippen molar-refractivity contribution in [1.82, 2.24) is 0 Å². The second-order valence-electron chi connectivity index (χ2n) is 3.53. The van der Waals surface area contributed by atoms with Crippen LogP contribution in [0.2, 0.25) is 0 Å². The Morgan fingerprint density at radius 2 is 1.83 bits per heavy atom. The van der Waals surface area contributed by atoms with Crippen LogP contribution in [-0.2, 0) is 9.47 Å². The Kier molecular flexibility index (Phi) is 2.73. The normalized spacial score (nSPS) is 25.0. The van der Waals surface area contributed by atoms with Gasteiger partial charge in [-0.05, 0) is 0 Å². The van der Waals surface area contributed by atoms with E-state index in [1.165, 1.54) is 0 Å². The minimum Gasteiger partial charge on any atom is -0.396 e. The van der Waals surface area contributed by atoms with Gasteiger partial charge in [-0.25, -0.2) is 0 Å². The molecular weight excluding hydrogens is 158 g/mol. The Bertz CT molecular complexity index is 126. The lowest BCUT2D eigenvalue weighted by atomic mass is 9.65. The monoisotopic (exact) mass is 175 g/mol. The standard InChI is InChI=1S/C8H17NO3/c1-11-8(12-2)3-7(4-8,5-9)6-10/h10H,3-6,9H2,1-2H3. The number of hydrogen-bond acceptors (Lipinski definition) is 4. The van der Waals surface area contributed by atoms with Gasteiger partial charge in [0.15, 0.2) is 5.79 Å². The van der Waals surface area contributed by atoms with E-state index in [0.717, 1.165) is 0 Å². The zero-order chi connectivity index (χ0) is 9.24. The minimum absolute atomic E-state index is 0.109. The van der Waals surface area contributed by atoms with Gasteiger partial charge in [-0.1, -0.05) is 0 Å². The fourth-order valence-electron chi connectivity index (χ4n) is 1.78. The molecule has 1 saturated carbocycles. The summed E-state index contributed by atoms with van der Waals surface area (Å²) in [4.78, 5) is 0. The van der Waals surface area contributed by atoms with E-state index in [1.54, 1.807) is 14.2 Å². The third kappa shape index (κ3) is 1.35. The van der Waals surface area contributed by atoms with Crippen molar-refractivity contribution in [2.45, 2.75) is 18.6 Å². The van der Waals surface area contributed by atoms with Crippen molar-refractivity contribution in [2.24, 2.45) is 11.1 Å². The van der Waals surface area contributed by atoms with E-state index in [4.69, 9.17) is 20.3 Å². The van der Waals surface area contributed by atoms with Gasteiger partial charge in [-0.15, -0.1) is 0 Å². The lowest BCUT2D eigenvalue weighted by Gasteiger charge is -2.52. The molecule has 0 atom stereocenters. The molecule has 0 radical (unpaired) electrons. The van der Waals surface area contributed by atoms with E-state index in [1.807, 2.05) is 0 Å². The molecule has 0 spiro atoms. The van der Waals surface area contributed by atoms with Crippen LogP contribution in [0.4, 0.5) is 0 Å². The molecule has 3 N–H and O–H groups in total. The van der Waals surface area contributed by atoms with Gasteiger partial charge < -0.3 is 20.3 Å². The van der Waals surface area contributed by atoms with Crippen LogP contribution in [0.25, 0.3) is 0 Å². The molecule has 4 heteroatoms. The summed E-state index contributed by atoms with van der Waals surface area (Å²) >= 11 is 0. The lowest BCUT2D eigenvalue weighted by molar-refractivity contribution is -0.300. The maximum Gasteiger partial charge on any atom is 0.168 e. The minimum atomic E-state index is -0.498. The summed E-state index contributed by atoms with van der Waals surface area (Å²) in [6.07, 6.45) is 1.36. The summed E-state index contributed by atoms with van der Waals surface area (Å²) in [5.74, 6) is -0.498. The first-order valence-corrected chi connectivity index (χ1v) is 4.07. The van der Waals surface area contributed by atoms with E-state index < -0.39 is 5.79 Å². The van der Waals surface area contributed by atoms with Crippen LogP contribution in [0.1, 0.15) is 12.8 Å². The van der Waals surface area contributed by atoms with Crippen LogP contribution in [0.15, 0.2) is 0 Å². The van der Waals surface area contributed by atoms with Gasteiger partial charge >= 0.3 is 0 Å². The van der Waals surface area contributed by atoms with Gasteiger partial charge in [0, 0.05) is 39.0 Å². The van der Waals surface area contributed by atoms with Crippen molar-refractivity contribution in [3.05, 3.63) is 0 Å². The first kappa shape index (κ1) is 9.92. The second-order valence-corrected chi connectivity index (χ2v) is 3.53. The fraction of sp³-hybridized carbons (Fsp3) is 1.00. The molecule has 0 aromatic carbocycles. The zero-order valence-electron chi connectivity index (χ0n) is 7.67. The van der Waals surface area contributed by atoms with Crippen molar-refractivity contribution in [2.75, 3.05) is 27.4 Å². The number of nitrogens with two attached hydrogens (primary N) is 1. The SMILES string of the molecule is COC1(OC)CC(CN)(CO)C1. The molecule has 1 rings (SSSR count). The zero-order valence-corrected chi connectivity index (χ0v) is 7.67. The first-order chi connectivity index (χ1) is 5.66. The third-order valence-corrected chi connectivity index (χ3v) is 2.80. The smallest absolute Gasteiger partial charge is 0.168 e. The molecule has 72 valence electrons. The Hall–Kier alpha value is -0.160. The summed E-state index contributed by atoms with van der Waals surface area (Å²) in [6, 6.07) is 0. The van der Waals surface area contributed by atoms with E-state index in [0.29, 0.717) is 19.4 Å². The van der Waals surface area contributed by atoms with Crippen molar-refractivity contribution in [3.8, 4) is 0 Å². The number of hydrogen-bond donors (Lipinski definition) is 2. The summed E-state index contributed by atoms with van der Waals surface area (Å²) in [5, 5.41) is 9.07. The molecule has 0 amide bonds. The van der Waals surface area contributed by atoms with Gasteiger partial charge in [-0.2, -0.15) is 0 Å². The summed E-state index contributed by atoms with van der Waals surface area (Å²) < 4.78 is 10.4. The average Bonchev–Trinajstić information content (AvgIpc) is 2.07. The van der Waals surface area contributed by atoms with Crippen LogP contribution >= 0.6 is 0 Å². The van der Waals surface area contributed by atoms with Gasteiger partial charge in [0.1, 0.15) is 0 Å². The highest BCUT2D eigenvalue weighted by Gasteiger charge is 2.54. The quantitative estimate of drug-likeness (QED) is 0.576. The predicted octanol–water partition coefficient (Wildman–Crippen LogP) is -0.293. The average molecular weight is 175 g/mol. The fourth-order valence-corrected chi connectivity index (χ4v) is 1.78. The number of methoxy groups -OCH3 is 2. The van der Waals surface area contributed by atoms with E-state index in [9.17, 15) is 0 Å². The van der Waals surface area contributed by atoms with Crippen LogP contribution in [-0.4, -0.2) is 38.3 Å². The molecule has 1 fully saturated rings. The molecule has 0 aromatic heterocycles. The molecule has 0 aliphatic heterocycles. The van der Waals surface area contributed by atoms with Crippen LogP contribution in [0.3, 0.4) is 0 Å². The molecule has 0 heterocycles. The Morgan fingerprint density at radius 3 is 2.08 bits per heavy atom. The van der Waals surface area contributed by atoms with Crippen molar-refractivity contribution in [3.63, 3.8) is 0 Å². The lowest BCUT2D eigenvalue weighted by Crippen LogP contribution is -2.59. The highest BCUT2D eigenvalue weighted by molar-refractivity contribution is 5.00. The highest BCUT2D eigenvalue weighted by Crippen LogP contribution is 2.49. The second kappa shape index (κ2) is 3.30. The third-order valence-electron chi connectivity index (χ3n) is 2.80. The molecule has 12 heavy (non-hydrogen) atoms. The van der Waals surface area contributed by atoms with Crippen LogP contribution < -0.4 is 5.73 Å². The largest absolute Gasteiger partial charge is 0.396 e. The number of aliphatic hydroxyl groups excluding tert-OH is 1. The van der Waals surface area contributed by atoms with Gasteiger partial charge in [0.05, 0.1) is 6.61 Å². The van der Waals surface area contributed by atoms with E-state index in [-0.39, 0.29) is 12.0 Å². The molecule has 0 aromatic rings. The van der Waals surface area contributed by atoms with Gasteiger partial charge in [0.25, 0.3) is 0 Å². The van der Waals surface area contributed by atoms with Crippen molar-refractivity contribution in [1.29, 1.82) is 0 Å². The number of aliphatic hydroxyl groups is 1. The van der Waals surface area contributed by atoms with Crippen molar-refractivity contribution < 1.29 is 14.6 Å². The van der Waals surface area contributed by atoms with E-state index in [2.05, 4.69) is 0 Å². The van der Waals surface area contributed by atoms with Crippen molar-refractivity contribution >= 4 is 0 Å². The van der Waals surface area contributed by atoms with Crippen LogP contribution in [0, 0.1) is 5.41 Å². The number of rotatable bonds is 4. The predicted molar refractivity (Wildman–Crippen MR) is 44.6 cm³/mol. The van der Waals surface area contributed by atoms with Gasteiger partial charge in [0.2, 0.25) is 0 Å². The summed E-state index contributed by atoms with van der Waals surface area (Å²) in [6.45, 7) is 0.593. The Morgan fingerprint density at radius 1 is 1.33 bits per heavy atom. The maximum atomic E-state index is 9.07. The van der Waals surface area contributed by atoms with Gasteiger partial charge in [-0.3, -0.25) is 0 Å². The molecule has 1 aliphatic rings. The molecule has 0 bridgehead atoms. The molecule has 4 nitrogen and oxygen atoms in total. The Labute approximate surface area is 72.6 Å². The highest BCUT2D eigenvalue weighted by atomic mass is 16.7. The maximum absolute atomic E-state index is 9.07. The molecule has 0 saturated heterocycles. The molecule has 0 unspecified atom stereocenters.